The van der Waals surface area contributed by atoms with Crippen LogP contribution in [0.5, 0.6) is 0 Å². The lowest BCUT2D eigenvalue weighted by Gasteiger charge is -2.14. The van der Waals surface area contributed by atoms with Gasteiger partial charge in [-0.3, -0.25) is 4.68 Å². The Labute approximate surface area is 110 Å². The molecule has 1 heterocycles. The van der Waals surface area contributed by atoms with Gasteiger partial charge in [0, 0.05) is 24.8 Å². The molecule has 0 bridgehead atoms. The van der Waals surface area contributed by atoms with Crippen LogP contribution in [0.1, 0.15) is 53.0 Å². The Kier molecular flexibility index (Phi) is 5.21. The smallest absolute Gasteiger partial charge is 0.147 e. The van der Waals surface area contributed by atoms with Crippen molar-refractivity contribution in [2.24, 2.45) is 5.41 Å². The molecule has 0 fully saturated rings. The highest BCUT2D eigenvalue weighted by Crippen LogP contribution is 2.21. The molecule has 1 aromatic heterocycles. The first-order valence-corrected chi connectivity index (χ1v) is 6.65. The summed E-state index contributed by atoms with van der Waals surface area (Å²) in [4.78, 5) is 0. The van der Waals surface area contributed by atoms with E-state index in [-0.39, 0.29) is 5.41 Å². The summed E-state index contributed by atoms with van der Waals surface area (Å²) in [6, 6.07) is 4.73. The van der Waals surface area contributed by atoms with E-state index >= 15 is 0 Å². The molecular formula is C14H24N4. The zero-order valence-corrected chi connectivity index (χ0v) is 11.9. The Morgan fingerprint density at radius 1 is 1.44 bits per heavy atom. The van der Waals surface area contributed by atoms with E-state index in [1.54, 1.807) is 0 Å². The normalized spacial score (nSPS) is 11.6. The van der Waals surface area contributed by atoms with E-state index in [1.807, 2.05) is 30.8 Å². The third-order valence-electron chi connectivity index (χ3n) is 2.97. The van der Waals surface area contributed by atoms with Crippen molar-refractivity contribution < 1.29 is 0 Å². The first-order chi connectivity index (χ1) is 8.44. The summed E-state index contributed by atoms with van der Waals surface area (Å²) < 4.78 is 1.95. The topological polar surface area (TPSA) is 53.6 Å². The highest BCUT2D eigenvalue weighted by atomic mass is 15.3. The molecule has 18 heavy (non-hydrogen) atoms. The maximum atomic E-state index is 8.90. The van der Waals surface area contributed by atoms with Crippen LogP contribution >= 0.6 is 0 Å². The van der Waals surface area contributed by atoms with Gasteiger partial charge in [-0.25, -0.2) is 0 Å². The minimum atomic E-state index is -0.195. The highest BCUT2D eigenvalue weighted by molar-refractivity contribution is 5.31. The van der Waals surface area contributed by atoms with Gasteiger partial charge in [-0.2, -0.15) is 10.4 Å². The minimum absolute atomic E-state index is 0.195. The molecule has 0 amide bonds. The second-order valence-electron chi connectivity index (χ2n) is 5.65. The molecule has 0 aliphatic carbocycles. The predicted molar refractivity (Wildman–Crippen MR) is 74.3 cm³/mol. The van der Waals surface area contributed by atoms with Gasteiger partial charge in [0.05, 0.1) is 11.5 Å². The largest absolute Gasteiger partial charge is 0.369 e. The number of nitriles is 1. The van der Waals surface area contributed by atoms with Crippen molar-refractivity contribution in [2.75, 3.05) is 11.9 Å². The Bertz CT molecular complexity index is 398. The van der Waals surface area contributed by atoms with Gasteiger partial charge in [-0.05, 0) is 40.5 Å². The van der Waals surface area contributed by atoms with E-state index in [4.69, 9.17) is 5.26 Å². The van der Waals surface area contributed by atoms with Crippen molar-refractivity contribution in [3.8, 4) is 6.07 Å². The molecule has 1 aromatic rings. The zero-order chi connectivity index (χ0) is 13.6. The predicted octanol–water partition coefficient (Wildman–Crippen LogP) is 3.60. The lowest BCUT2D eigenvalue weighted by atomic mass is 9.89. The summed E-state index contributed by atoms with van der Waals surface area (Å²) in [6.45, 7) is 9.12. The molecule has 0 unspecified atom stereocenters. The molecule has 0 saturated carbocycles. The number of nitrogens with one attached hydrogen (secondary N) is 1. The van der Waals surface area contributed by atoms with E-state index < -0.39 is 0 Å². The summed E-state index contributed by atoms with van der Waals surface area (Å²) in [6.07, 6.45) is 5.08. The molecular weight excluding hydrogens is 224 g/mol. The third kappa shape index (κ3) is 4.79. The zero-order valence-electron chi connectivity index (χ0n) is 11.9. The molecule has 0 aliphatic heterocycles. The van der Waals surface area contributed by atoms with Crippen molar-refractivity contribution in [1.29, 1.82) is 5.26 Å². The summed E-state index contributed by atoms with van der Waals surface area (Å²) >= 11 is 0. The van der Waals surface area contributed by atoms with Crippen LogP contribution in [-0.4, -0.2) is 16.3 Å². The fraction of sp³-hybridized carbons (Fsp3) is 0.714. The van der Waals surface area contributed by atoms with Crippen LogP contribution in [0.25, 0.3) is 0 Å². The molecule has 0 radical (unpaired) electrons. The molecule has 0 atom stereocenters. The van der Waals surface area contributed by atoms with Crippen LogP contribution in [0, 0.1) is 16.7 Å². The van der Waals surface area contributed by atoms with Crippen LogP contribution in [0.15, 0.2) is 12.3 Å². The van der Waals surface area contributed by atoms with Crippen LogP contribution < -0.4 is 5.32 Å². The van der Waals surface area contributed by atoms with Crippen LogP contribution in [0.4, 0.5) is 5.82 Å². The van der Waals surface area contributed by atoms with Gasteiger partial charge in [0.1, 0.15) is 5.82 Å². The van der Waals surface area contributed by atoms with E-state index in [9.17, 15) is 0 Å². The van der Waals surface area contributed by atoms with Crippen LogP contribution in [0.2, 0.25) is 0 Å². The van der Waals surface area contributed by atoms with E-state index in [2.05, 4.69) is 30.3 Å². The van der Waals surface area contributed by atoms with E-state index in [0.29, 0.717) is 6.04 Å². The maximum Gasteiger partial charge on any atom is 0.147 e. The Morgan fingerprint density at radius 2 is 2.17 bits per heavy atom. The standard InChI is InChI=1S/C14H24N4/c1-12(2)18-10-7-13(17-18)16-9-6-5-8-14(3,4)11-15/h7,10,12H,5-6,8-9H2,1-4H3,(H,16,17). The summed E-state index contributed by atoms with van der Waals surface area (Å²) in [5.41, 5.74) is -0.195. The van der Waals surface area contributed by atoms with Gasteiger partial charge in [0.25, 0.3) is 0 Å². The second-order valence-corrected chi connectivity index (χ2v) is 5.65. The second kappa shape index (κ2) is 6.44. The molecule has 0 spiro atoms. The average Bonchev–Trinajstić information content (AvgIpc) is 2.77. The monoisotopic (exact) mass is 248 g/mol. The Balaban J connectivity index is 2.20. The number of aromatic nitrogens is 2. The van der Waals surface area contributed by atoms with E-state index in [1.165, 1.54) is 0 Å². The number of rotatable bonds is 7. The molecule has 0 saturated heterocycles. The molecule has 100 valence electrons. The van der Waals surface area contributed by atoms with Crippen molar-refractivity contribution in [3.05, 3.63) is 12.3 Å². The maximum absolute atomic E-state index is 8.90. The van der Waals surface area contributed by atoms with Gasteiger partial charge in [0.2, 0.25) is 0 Å². The number of hydrogen-bond donors (Lipinski definition) is 1. The molecule has 4 heteroatoms. The van der Waals surface area contributed by atoms with Gasteiger partial charge < -0.3 is 5.32 Å². The quantitative estimate of drug-likeness (QED) is 0.750. The fourth-order valence-corrected chi connectivity index (χ4v) is 1.68. The Hall–Kier alpha value is -1.50. The summed E-state index contributed by atoms with van der Waals surface area (Å²) in [5.74, 6) is 0.934. The van der Waals surface area contributed by atoms with Crippen LogP contribution in [0.3, 0.4) is 0 Å². The van der Waals surface area contributed by atoms with Crippen molar-refractivity contribution in [1.82, 2.24) is 9.78 Å². The average molecular weight is 248 g/mol. The first-order valence-electron chi connectivity index (χ1n) is 6.65. The van der Waals surface area contributed by atoms with Crippen molar-refractivity contribution in [2.45, 2.75) is 53.0 Å². The summed E-state index contributed by atoms with van der Waals surface area (Å²) in [7, 11) is 0. The molecule has 1 N–H and O–H groups in total. The summed E-state index contributed by atoms with van der Waals surface area (Å²) in [5, 5.41) is 16.6. The highest BCUT2D eigenvalue weighted by Gasteiger charge is 2.15. The van der Waals surface area contributed by atoms with Gasteiger partial charge in [-0.15, -0.1) is 0 Å². The van der Waals surface area contributed by atoms with Crippen molar-refractivity contribution in [3.63, 3.8) is 0 Å². The first kappa shape index (κ1) is 14.6. The Morgan fingerprint density at radius 3 is 2.72 bits per heavy atom. The van der Waals surface area contributed by atoms with Gasteiger partial charge in [0.15, 0.2) is 0 Å². The molecule has 4 nitrogen and oxygen atoms in total. The van der Waals surface area contributed by atoms with Crippen molar-refractivity contribution >= 4 is 5.82 Å². The SMILES string of the molecule is CC(C)n1ccc(NCCCCC(C)(C)C#N)n1. The number of nitrogens with zero attached hydrogens (tertiary/aromatic N) is 3. The number of unbranched alkanes of at least 4 members (excludes halogenated alkanes) is 1. The molecule has 1 rings (SSSR count). The van der Waals surface area contributed by atoms with Crippen LogP contribution in [-0.2, 0) is 0 Å². The van der Waals surface area contributed by atoms with Gasteiger partial charge >= 0.3 is 0 Å². The lowest BCUT2D eigenvalue weighted by molar-refractivity contribution is 0.430. The molecule has 0 aliphatic rings. The minimum Gasteiger partial charge on any atom is -0.369 e. The van der Waals surface area contributed by atoms with E-state index in [0.717, 1.165) is 31.6 Å². The number of anilines is 1. The number of hydrogen-bond acceptors (Lipinski definition) is 3. The molecule has 0 aromatic carbocycles. The van der Waals surface area contributed by atoms with Gasteiger partial charge in [-0.1, -0.05) is 6.42 Å². The fourth-order valence-electron chi connectivity index (χ4n) is 1.68. The lowest BCUT2D eigenvalue weighted by Crippen LogP contribution is -2.09. The third-order valence-corrected chi connectivity index (χ3v) is 2.97.